The summed E-state index contributed by atoms with van der Waals surface area (Å²) < 4.78 is 47.4. The third-order valence-electron chi connectivity index (χ3n) is 8.58. The number of piperidine rings is 1. The Morgan fingerprint density at radius 1 is 0.913 bits per heavy atom. The van der Waals surface area contributed by atoms with Gasteiger partial charge in [-0.15, -0.1) is 0 Å². The Hall–Kier alpha value is -4.21. The number of aromatic nitrogens is 1. The van der Waals surface area contributed by atoms with E-state index in [0.29, 0.717) is 32.4 Å². The molecule has 0 unspecified atom stereocenters. The Kier molecular flexibility index (Phi) is 12.7. The van der Waals surface area contributed by atoms with Crippen LogP contribution in [0.25, 0.3) is 0 Å². The molecule has 0 radical (unpaired) electrons. The number of nitrogens with zero attached hydrogens (tertiary/aromatic N) is 3. The van der Waals surface area contributed by atoms with Gasteiger partial charge >= 0.3 is 5.92 Å². The van der Waals surface area contributed by atoms with Crippen LogP contribution in [0.15, 0.2) is 67.0 Å². The van der Waals surface area contributed by atoms with Crippen molar-refractivity contribution in [1.82, 2.24) is 14.8 Å². The summed E-state index contributed by atoms with van der Waals surface area (Å²) in [5.74, 6) is -4.88. The first kappa shape index (κ1) is 34.7. The van der Waals surface area contributed by atoms with Crippen molar-refractivity contribution in [2.75, 3.05) is 41.0 Å². The third-order valence-corrected chi connectivity index (χ3v) is 8.58. The average Bonchev–Trinajstić information content (AvgIpc) is 3.09. The van der Waals surface area contributed by atoms with Crippen LogP contribution in [0.2, 0.25) is 0 Å². The zero-order chi connectivity index (χ0) is 32.9. The number of hydrogen-bond donors (Lipinski definition) is 0. The first-order chi connectivity index (χ1) is 22.3. The highest BCUT2D eigenvalue weighted by Gasteiger charge is 2.47. The van der Waals surface area contributed by atoms with Crippen LogP contribution < -0.4 is 14.2 Å². The molecule has 10 heteroatoms. The fourth-order valence-electron chi connectivity index (χ4n) is 6.08. The second-order valence-corrected chi connectivity index (χ2v) is 11.6. The monoisotopic (exact) mass is 637 g/mol. The number of alkyl halides is 2. The molecule has 2 aromatic carbocycles. The van der Waals surface area contributed by atoms with E-state index >= 15 is 8.78 Å². The van der Waals surface area contributed by atoms with Crippen LogP contribution >= 0.6 is 0 Å². The van der Waals surface area contributed by atoms with E-state index in [9.17, 15) is 9.59 Å². The van der Waals surface area contributed by atoms with Gasteiger partial charge in [0, 0.05) is 50.1 Å². The Morgan fingerprint density at radius 3 is 2.17 bits per heavy atom. The molecule has 0 bridgehead atoms. The Balaban J connectivity index is 1.43. The topological polar surface area (TPSA) is 81.2 Å². The van der Waals surface area contributed by atoms with Crippen LogP contribution in [0.3, 0.4) is 0 Å². The molecular formula is C36H45F2N3O5. The molecule has 2 heterocycles. The summed E-state index contributed by atoms with van der Waals surface area (Å²) in [4.78, 5) is 34.4. The highest BCUT2D eigenvalue weighted by Crippen LogP contribution is 2.43. The maximum absolute atomic E-state index is 15.8. The Bertz CT molecular complexity index is 1340. The molecule has 1 aromatic heterocycles. The van der Waals surface area contributed by atoms with Gasteiger partial charge in [0.05, 0.1) is 21.3 Å². The summed E-state index contributed by atoms with van der Waals surface area (Å²) in [7, 11) is 4.05. The SMILES string of the molecule is COc1cc(C(F)(F)C(=O)N2CCCC[C@H]2CCC(=O)N(CCCc2ccccc2)CCCc2cccnc2)cc(OC)c1OC. The van der Waals surface area contributed by atoms with Crippen LogP contribution in [0.5, 0.6) is 17.2 Å². The minimum atomic E-state index is -3.83. The summed E-state index contributed by atoms with van der Waals surface area (Å²) in [5.41, 5.74) is 1.80. The van der Waals surface area contributed by atoms with Gasteiger partial charge in [-0.3, -0.25) is 14.6 Å². The van der Waals surface area contributed by atoms with E-state index in [0.717, 1.165) is 49.8 Å². The zero-order valence-corrected chi connectivity index (χ0v) is 27.1. The second kappa shape index (κ2) is 16.9. The summed E-state index contributed by atoms with van der Waals surface area (Å²) >= 11 is 0. The first-order valence-corrected chi connectivity index (χ1v) is 16.0. The number of carbonyl (C=O) groups is 2. The number of benzene rings is 2. The lowest BCUT2D eigenvalue weighted by molar-refractivity contribution is -0.163. The van der Waals surface area contributed by atoms with Crippen LogP contribution in [-0.4, -0.2) is 73.6 Å². The van der Waals surface area contributed by atoms with E-state index in [2.05, 4.69) is 17.1 Å². The number of aryl methyl sites for hydroxylation is 2. The molecule has 3 aromatic rings. The molecule has 1 aliphatic rings. The van der Waals surface area contributed by atoms with E-state index in [4.69, 9.17) is 14.2 Å². The number of halogens is 2. The third kappa shape index (κ3) is 8.95. The molecule has 0 N–H and O–H groups in total. The molecule has 1 saturated heterocycles. The number of carbonyl (C=O) groups excluding carboxylic acids is 2. The molecule has 1 fully saturated rings. The van der Waals surface area contributed by atoms with E-state index in [-0.39, 0.29) is 36.1 Å². The minimum absolute atomic E-state index is 0.0198. The van der Waals surface area contributed by atoms with Gasteiger partial charge < -0.3 is 24.0 Å². The summed E-state index contributed by atoms with van der Waals surface area (Å²) in [5, 5.41) is 0. The number of ether oxygens (including phenoxy) is 3. The molecule has 0 aliphatic carbocycles. The lowest BCUT2D eigenvalue weighted by Crippen LogP contribution is -2.50. The normalized spacial score (nSPS) is 14.9. The molecule has 46 heavy (non-hydrogen) atoms. The number of methoxy groups -OCH3 is 3. The fraction of sp³-hybridized carbons (Fsp3) is 0.472. The highest BCUT2D eigenvalue weighted by molar-refractivity contribution is 5.86. The van der Waals surface area contributed by atoms with Crippen molar-refractivity contribution in [2.24, 2.45) is 0 Å². The molecule has 8 nitrogen and oxygen atoms in total. The predicted molar refractivity (Wildman–Crippen MR) is 172 cm³/mol. The maximum atomic E-state index is 15.8. The van der Waals surface area contributed by atoms with Crippen molar-refractivity contribution in [3.63, 3.8) is 0 Å². The smallest absolute Gasteiger partial charge is 0.350 e. The van der Waals surface area contributed by atoms with Gasteiger partial charge in [0.2, 0.25) is 11.7 Å². The average molecular weight is 638 g/mol. The van der Waals surface area contributed by atoms with Crippen molar-refractivity contribution in [2.45, 2.75) is 69.8 Å². The van der Waals surface area contributed by atoms with E-state index < -0.39 is 23.4 Å². The highest BCUT2D eigenvalue weighted by atomic mass is 19.3. The van der Waals surface area contributed by atoms with Gasteiger partial charge in [0.15, 0.2) is 11.5 Å². The van der Waals surface area contributed by atoms with E-state index in [1.165, 1.54) is 31.8 Å². The van der Waals surface area contributed by atoms with Crippen molar-refractivity contribution in [3.8, 4) is 17.2 Å². The number of likely N-dealkylation sites (tertiary alicyclic amines) is 1. The lowest BCUT2D eigenvalue weighted by Gasteiger charge is -2.38. The quantitative estimate of drug-likeness (QED) is 0.180. The second-order valence-electron chi connectivity index (χ2n) is 11.6. The number of hydrogen-bond acceptors (Lipinski definition) is 6. The number of rotatable bonds is 16. The Morgan fingerprint density at radius 2 is 1.57 bits per heavy atom. The van der Waals surface area contributed by atoms with Gasteiger partial charge in [0.1, 0.15) is 0 Å². The summed E-state index contributed by atoms with van der Waals surface area (Å²) in [6.45, 7) is 1.41. The zero-order valence-electron chi connectivity index (χ0n) is 27.1. The first-order valence-electron chi connectivity index (χ1n) is 16.0. The predicted octanol–water partition coefficient (Wildman–Crippen LogP) is 6.45. The van der Waals surface area contributed by atoms with Crippen LogP contribution in [0, 0.1) is 0 Å². The molecule has 4 rings (SSSR count). The fourth-order valence-corrected chi connectivity index (χ4v) is 6.08. The van der Waals surface area contributed by atoms with Crippen LogP contribution in [0.1, 0.15) is 61.6 Å². The van der Waals surface area contributed by atoms with Crippen molar-refractivity contribution in [3.05, 3.63) is 83.7 Å². The molecule has 1 aliphatic heterocycles. The number of pyridine rings is 1. The van der Waals surface area contributed by atoms with Gasteiger partial charge in [-0.25, -0.2) is 0 Å². The van der Waals surface area contributed by atoms with Gasteiger partial charge in [0.25, 0.3) is 5.91 Å². The molecule has 0 spiro atoms. The Labute approximate surface area is 270 Å². The molecule has 248 valence electrons. The maximum Gasteiger partial charge on any atom is 0.350 e. The van der Waals surface area contributed by atoms with Crippen LogP contribution in [0.4, 0.5) is 8.78 Å². The van der Waals surface area contributed by atoms with Crippen molar-refractivity contribution >= 4 is 11.8 Å². The van der Waals surface area contributed by atoms with Crippen molar-refractivity contribution < 1.29 is 32.6 Å². The van der Waals surface area contributed by atoms with Crippen LogP contribution in [-0.2, 0) is 28.4 Å². The molecular weight excluding hydrogens is 592 g/mol. The largest absolute Gasteiger partial charge is 0.493 e. The molecule has 1 atom stereocenters. The molecule has 0 saturated carbocycles. The summed E-state index contributed by atoms with van der Waals surface area (Å²) in [6, 6.07) is 15.9. The van der Waals surface area contributed by atoms with Gasteiger partial charge in [-0.1, -0.05) is 36.4 Å². The van der Waals surface area contributed by atoms with Crippen molar-refractivity contribution in [1.29, 1.82) is 0 Å². The van der Waals surface area contributed by atoms with Gasteiger partial charge in [-0.2, -0.15) is 8.78 Å². The summed E-state index contributed by atoms with van der Waals surface area (Å²) in [6.07, 6.45) is 9.36. The minimum Gasteiger partial charge on any atom is -0.493 e. The standard InChI is InChI=1S/C36H45F2N3O5/c1-44-31-24-29(25-32(45-2)34(31)46-3)36(37,38)35(43)41-23-8-7-17-30(41)18-19-33(42)40(21-10-15-27-12-5-4-6-13-27)22-11-16-28-14-9-20-39-26-28/h4-6,9,12-14,20,24-26,30H,7-8,10-11,15-19,21-23H2,1-3H3/t30-/m0/s1. The van der Waals surface area contributed by atoms with Gasteiger partial charge in [-0.05, 0) is 80.7 Å². The van der Waals surface area contributed by atoms with E-state index in [1.54, 1.807) is 6.20 Å². The molecule has 2 amide bonds. The number of amides is 2. The lowest BCUT2D eigenvalue weighted by atomic mass is 9.95. The van der Waals surface area contributed by atoms with E-state index in [1.807, 2.05) is 41.4 Å².